The Labute approximate surface area is 167 Å². The Kier molecular flexibility index (Phi) is 4.64. The zero-order chi connectivity index (χ0) is 20.8. The first-order chi connectivity index (χ1) is 13.7. The average Bonchev–Trinajstić information content (AvgIpc) is 3.28. The summed E-state index contributed by atoms with van der Waals surface area (Å²) in [6.07, 6.45) is 2.87. The van der Waals surface area contributed by atoms with Crippen LogP contribution in [0, 0.1) is 12.8 Å². The largest absolute Gasteiger partial charge is 0.360 e. The Morgan fingerprint density at radius 1 is 1.31 bits per heavy atom. The summed E-state index contributed by atoms with van der Waals surface area (Å²) in [5, 5.41) is 11.4. The van der Waals surface area contributed by atoms with Crippen LogP contribution in [0.3, 0.4) is 0 Å². The molecule has 0 spiro atoms. The lowest BCUT2D eigenvalue weighted by Gasteiger charge is -2.31. The number of aromatic nitrogens is 5. The number of nitrogens with zero attached hydrogens (tertiary/aromatic N) is 5. The quantitative estimate of drug-likeness (QED) is 0.691. The van der Waals surface area contributed by atoms with E-state index in [0.29, 0.717) is 54.5 Å². The molecule has 3 aromatic heterocycles. The molecule has 4 rings (SSSR count). The van der Waals surface area contributed by atoms with Crippen molar-refractivity contribution < 1.29 is 9.32 Å². The van der Waals surface area contributed by atoms with E-state index >= 15 is 0 Å². The highest BCUT2D eigenvalue weighted by molar-refractivity contribution is 5.91. The molecule has 0 unspecified atom stereocenters. The van der Waals surface area contributed by atoms with Crippen LogP contribution in [0.5, 0.6) is 0 Å². The Bertz CT molecular complexity index is 1100. The molecule has 4 heterocycles. The van der Waals surface area contributed by atoms with Crippen molar-refractivity contribution in [3.8, 4) is 0 Å². The van der Waals surface area contributed by atoms with Gasteiger partial charge in [-0.1, -0.05) is 5.16 Å². The van der Waals surface area contributed by atoms with Gasteiger partial charge in [0.1, 0.15) is 11.1 Å². The molecule has 1 fully saturated rings. The molecule has 2 N–H and O–H groups in total. The summed E-state index contributed by atoms with van der Waals surface area (Å²) in [6.45, 7) is 9.06. The van der Waals surface area contributed by atoms with Crippen LogP contribution in [-0.4, -0.2) is 43.9 Å². The van der Waals surface area contributed by atoms with Crippen molar-refractivity contribution in [2.24, 2.45) is 5.92 Å². The zero-order valence-electron chi connectivity index (χ0n) is 17.0. The van der Waals surface area contributed by atoms with Gasteiger partial charge in [0.25, 0.3) is 5.56 Å². The molecule has 0 aromatic carbocycles. The average molecular weight is 399 g/mol. The summed E-state index contributed by atoms with van der Waals surface area (Å²) in [5.41, 5.74) is 0.0731. The highest BCUT2D eigenvalue weighted by Crippen LogP contribution is 2.24. The number of aromatic amines is 1. The van der Waals surface area contributed by atoms with Gasteiger partial charge in [0.05, 0.1) is 11.7 Å². The molecule has 1 amide bonds. The second-order valence-electron chi connectivity index (χ2n) is 8.43. The summed E-state index contributed by atoms with van der Waals surface area (Å²) < 4.78 is 6.74. The highest BCUT2D eigenvalue weighted by Gasteiger charge is 2.28. The van der Waals surface area contributed by atoms with Crippen LogP contribution >= 0.6 is 0 Å². The van der Waals surface area contributed by atoms with Crippen molar-refractivity contribution >= 4 is 28.7 Å². The number of piperidine rings is 1. The third-order valence-electron chi connectivity index (χ3n) is 5.11. The molecular weight excluding hydrogens is 374 g/mol. The van der Waals surface area contributed by atoms with Crippen LogP contribution in [0.4, 0.5) is 11.8 Å². The van der Waals surface area contributed by atoms with E-state index in [9.17, 15) is 9.59 Å². The maximum atomic E-state index is 12.5. The Morgan fingerprint density at radius 3 is 2.66 bits per heavy atom. The number of anilines is 2. The molecule has 0 saturated carbocycles. The smallest absolute Gasteiger partial charge is 0.263 e. The van der Waals surface area contributed by atoms with Crippen LogP contribution < -0.4 is 15.8 Å². The molecule has 0 radical (unpaired) electrons. The summed E-state index contributed by atoms with van der Waals surface area (Å²) >= 11 is 0. The van der Waals surface area contributed by atoms with E-state index in [1.165, 1.54) is 0 Å². The van der Waals surface area contributed by atoms with Crippen LogP contribution in [0.15, 0.2) is 21.6 Å². The molecule has 0 aliphatic carbocycles. The predicted octanol–water partition coefficient (Wildman–Crippen LogP) is 2.03. The number of hydrogen-bond acceptors (Lipinski definition) is 7. The number of hydrogen-bond donors (Lipinski definition) is 2. The first-order valence-electron chi connectivity index (χ1n) is 9.70. The minimum atomic E-state index is -0.287. The van der Waals surface area contributed by atoms with E-state index in [-0.39, 0.29) is 22.9 Å². The van der Waals surface area contributed by atoms with Gasteiger partial charge in [-0.25, -0.2) is 4.68 Å². The van der Waals surface area contributed by atoms with Crippen LogP contribution in [0.1, 0.15) is 39.4 Å². The van der Waals surface area contributed by atoms with Crippen LogP contribution in [0.2, 0.25) is 0 Å². The van der Waals surface area contributed by atoms with E-state index < -0.39 is 0 Å². The predicted molar refractivity (Wildman–Crippen MR) is 108 cm³/mol. The standard InChI is InChI=1S/C19H25N7O3/c1-11-9-14(24-29-11)21-16(27)12-5-7-25(8-6-12)18-22-15-13(17(28)23-18)10-20-26(15)19(2,3)4/h9-10,12H,5-8H2,1-4H3,(H,21,24,27)(H,22,23,28). The number of fused-ring (bicyclic) bond motifs is 1. The fraction of sp³-hybridized carbons (Fsp3) is 0.526. The monoisotopic (exact) mass is 399 g/mol. The molecule has 29 heavy (non-hydrogen) atoms. The molecule has 1 aliphatic heterocycles. The number of carbonyl (C=O) groups is 1. The van der Waals surface area contributed by atoms with Crippen molar-refractivity contribution in [1.82, 2.24) is 24.9 Å². The number of amides is 1. The van der Waals surface area contributed by atoms with Crippen LogP contribution in [-0.2, 0) is 10.3 Å². The number of rotatable bonds is 3. The second-order valence-corrected chi connectivity index (χ2v) is 8.43. The van der Waals surface area contributed by atoms with E-state index in [1.807, 2.05) is 25.7 Å². The third kappa shape index (κ3) is 3.74. The lowest BCUT2D eigenvalue weighted by atomic mass is 9.96. The summed E-state index contributed by atoms with van der Waals surface area (Å²) in [5.74, 6) is 1.40. The maximum Gasteiger partial charge on any atom is 0.263 e. The molecule has 10 nitrogen and oxygen atoms in total. The first-order valence-corrected chi connectivity index (χ1v) is 9.70. The van der Waals surface area contributed by atoms with Gasteiger partial charge in [-0.15, -0.1) is 0 Å². The first kappa shape index (κ1) is 19.2. The number of aryl methyl sites for hydroxylation is 1. The fourth-order valence-electron chi connectivity index (χ4n) is 3.55. The topological polar surface area (TPSA) is 122 Å². The van der Waals surface area contributed by atoms with Gasteiger partial charge in [-0.05, 0) is 40.5 Å². The van der Waals surface area contributed by atoms with Crippen molar-refractivity contribution in [1.29, 1.82) is 0 Å². The molecule has 3 aromatic rings. The molecule has 154 valence electrons. The van der Waals surface area contributed by atoms with Crippen molar-refractivity contribution in [3.05, 3.63) is 28.4 Å². The molecule has 1 saturated heterocycles. The van der Waals surface area contributed by atoms with Gasteiger partial charge in [0.15, 0.2) is 11.5 Å². The van der Waals surface area contributed by atoms with Gasteiger partial charge < -0.3 is 14.7 Å². The zero-order valence-corrected chi connectivity index (χ0v) is 17.0. The maximum absolute atomic E-state index is 12.5. The van der Waals surface area contributed by atoms with Gasteiger partial charge >= 0.3 is 0 Å². The van der Waals surface area contributed by atoms with Crippen LogP contribution in [0.25, 0.3) is 11.0 Å². The normalized spacial score (nSPS) is 15.8. The Balaban J connectivity index is 1.49. The van der Waals surface area contributed by atoms with E-state index in [1.54, 1.807) is 23.9 Å². The fourth-order valence-corrected chi connectivity index (χ4v) is 3.55. The van der Waals surface area contributed by atoms with Crippen molar-refractivity contribution in [2.45, 2.75) is 46.1 Å². The minimum Gasteiger partial charge on any atom is -0.360 e. The number of nitrogens with one attached hydrogen (secondary N) is 2. The summed E-state index contributed by atoms with van der Waals surface area (Å²) in [4.78, 5) is 34.5. The summed E-state index contributed by atoms with van der Waals surface area (Å²) in [6, 6.07) is 1.69. The molecular formula is C19H25N7O3. The van der Waals surface area contributed by atoms with E-state index in [2.05, 4.69) is 25.5 Å². The molecule has 1 aliphatic rings. The van der Waals surface area contributed by atoms with Gasteiger partial charge in [0.2, 0.25) is 11.9 Å². The lowest BCUT2D eigenvalue weighted by Crippen LogP contribution is -2.39. The Hall–Kier alpha value is -3.17. The van der Waals surface area contributed by atoms with Gasteiger partial charge in [-0.3, -0.25) is 14.6 Å². The Morgan fingerprint density at radius 2 is 2.03 bits per heavy atom. The van der Waals surface area contributed by atoms with Crippen molar-refractivity contribution in [3.63, 3.8) is 0 Å². The number of H-pyrrole nitrogens is 1. The highest BCUT2D eigenvalue weighted by atomic mass is 16.5. The summed E-state index contributed by atoms with van der Waals surface area (Å²) in [7, 11) is 0. The molecule has 0 bridgehead atoms. The van der Waals surface area contributed by atoms with Gasteiger partial charge in [-0.2, -0.15) is 10.1 Å². The lowest BCUT2D eigenvalue weighted by molar-refractivity contribution is -0.120. The van der Waals surface area contributed by atoms with Crippen molar-refractivity contribution in [2.75, 3.05) is 23.3 Å². The molecule has 10 heteroatoms. The third-order valence-corrected chi connectivity index (χ3v) is 5.11. The second kappa shape index (κ2) is 7.02. The van der Waals surface area contributed by atoms with Gasteiger partial charge in [0, 0.05) is 25.1 Å². The minimum absolute atomic E-state index is 0.0688. The molecule has 0 atom stereocenters. The SMILES string of the molecule is Cc1cc(NC(=O)C2CCN(c3nc4c(cnn4C(C)(C)C)c(=O)[nH]3)CC2)no1. The number of carbonyl (C=O) groups excluding carboxylic acids is 1. The van der Waals surface area contributed by atoms with E-state index in [0.717, 1.165) is 0 Å². The van der Waals surface area contributed by atoms with E-state index in [4.69, 9.17) is 4.52 Å².